The van der Waals surface area contributed by atoms with Crippen LogP contribution in [-0.4, -0.2) is 0 Å². The van der Waals surface area contributed by atoms with Gasteiger partial charge in [-0.05, 0) is 59.3 Å². The topological polar surface area (TPSA) is 0 Å². The van der Waals surface area contributed by atoms with Crippen molar-refractivity contribution in [3.05, 3.63) is 34.4 Å². The lowest BCUT2D eigenvalue weighted by Crippen LogP contribution is -2.19. The third-order valence-electron chi connectivity index (χ3n) is 4.00. The Kier molecular flexibility index (Phi) is 3.34. The number of hydrogen-bond acceptors (Lipinski definition) is 0. The van der Waals surface area contributed by atoms with Crippen LogP contribution in [0.4, 0.5) is 0 Å². The summed E-state index contributed by atoms with van der Waals surface area (Å²) in [4.78, 5) is 0. The first kappa shape index (κ1) is 12.7. The van der Waals surface area contributed by atoms with E-state index in [4.69, 9.17) is 0 Å². The predicted molar refractivity (Wildman–Crippen MR) is 75.9 cm³/mol. The summed E-state index contributed by atoms with van der Waals surface area (Å²) in [6, 6.07) is 4.77. The van der Waals surface area contributed by atoms with Crippen molar-refractivity contribution in [1.82, 2.24) is 0 Å². The van der Waals surface area contributed by atoms with Gasteiger partial charge < -0.3 is 0 Å². The van der Waals surface area contributed by atoms with Gasteiger partial charge in [0.2, 0.25) is 0 Å². The van der Waals surface area contributed by atoms with Crippen molar-refractivity contribution in [3.63, 3.8) is 0 Å². The van der Waals surface area contributed by atoms with E-state index < -0.39 is 0 Å². The largest absolute Gasteiger partial charge is 0.0587 e. The molecule has 0 aliphatic heterocycles. The fraction of sp³-hybridized carbons (Fsp3) is 0.647. The Bertz CT molecular complexity index is 405. The molecule has 0 heteroatoms. The second kappa shape index (κ2) is 4.48. The molecule has 0 saturated carbocycles. The molecule has 0 N–H and O–H groups in total. The predicted octanol–water partition coefficient (Wildman–Crippen LogP) is 4.99. The fourth-order valence-corrected chi connectivity index (χ4v) is 3.14. The maximum Gasteiger partial charge on any atom is -0.0129 e. The van der Waals surface area contributed by atoms with Gasteiger partial charge in [-0.3, -0.25) is 0 Å². The van der Waals surface area contributed by atoms with E-state index in [1.807, 2.05) is 0 Å². The zero-order chi connectivity index (χ0) is 12.6. The molecule has 0 atom stereocenters. The minimum Gasteiger partial charge on any atom is -0.0587 e. The highest BCUT2D eigenvalue weighted by atomic mass is 14.3. The van der Waals surface area contributed by atoms with Crippen molar-refractivity contribution >= 4 is 0 Å². The summed E-state index contributed by atoms with van der Waals surface area (Å²) >= 11 is 0. The van der Waals surface area contributed by atoms with Crippen LogP contribution in [0.3, 0.4) is 0 Å². The van der Waals surface area contributed by atoms with Crippen LogP contribution < -0.4 is 0 Å². The summed E-state index contributed by atoms with van der Waals surface area (Å²) in [5.41, 5.74) is 6.81. The minimum atomic E-state index is 0.289. The molecule has 1 aliphatic rings. The van der Waals surface area contributed by atoms with Crippen molar-refractivity contribution in [2.45, 2.75) is 71.6 Å². The molecule has 0 aromatic heterocycles. The van der Waals surface area contributed by atoms with E-state index in [2.05, 4.69) is 46.8 Å². The summed E-state index contributed by atoms with van der Waals surface area (Å²) in [5.74, 6) is 0.663. The molecule has 1 aliphatic carbocycles. The summed E-state index contributed by atoms with van der Waals surface area (Å²) in [5, 5.41) is 0. The molecule has 0 saturated heterocycles. The van der Waals surface area contributed by atoms with Crippen molar-refractivity contribution in [1.29, 1.82) is 0 Å². The lowest BCUT2D eigenvalue weighted by Gasteiger charge is -2.30. The third-order valence-corrected chi connectivity index (χ3v) is 4.00. The van der Waals surface area contributed by atoms with Gasteiger partial charge in [0.25, 0.3) is 0 Å². The quantitative estimate of drug-likeness (QED) is 0.638. The lowest BCUT2D eigenvalue weighted by molar-refractivity contribution is 0.565. The van der Waals surface area contributed by atoms with E-state index in [0.29, 0.717) is 5.92 Å². The molecule has 1 aromatic carbocycles. The van der Waals surface area contributed by atoms with Gasteiger partial charge in [-0.25, -0.2) is 0 Å². The molecule has 0 nitrogen and oxygen atoms in total. The molecule has 2 rings (SSSR count). The normalized spacial score (nSPS) is 16.1. The molecule has 0 unspecified atom stereocenters. The Morgan fingerprint density at radius 2 is 1.53 bits per heavy atom. The van der Waals surface area contributed by atoms with Crippen molar-refractivity contribution in [2.24, 2.45) is 0 Å². The van der Waals surface area contributed by atoms with E-state index >= 15 is 0 Å². The first-order valence-electron chi connectivity index (χ1n) is 7.06. The van der Waals surface area contributed by atoms with Gasteiger partial charge in [0.1, 0.15) is 0 Å². The first-order chi connectivity index (χ1) is 7.91. The highest BCUT2D eigenvalue weighted by molar-refractivity contribution is 5.46. The van der Waals surface area contributed by atoms with Gasteiger partial charge in [-0.2, -0.15) is 0 Å². The summed E-state index contributed by atoms with van der Waals surface area (Å²) in [6.45, 7) is 11.7. The Balaban J connectivity index is 2.59. The van der Waals surface area contributed by atoms with E-state index in [1.54, 1.807) is 22.3 Å². The van der Waals surface area contributed by atoms with Gasteiger partial charge in [-0.15, -0.1) is 0 Å². The van der Waals surface area contributed by atoms with Gasteiger partial charge in [-0.1, -0.05) is 46.8 Å². The Morgan fingerprint density at radius 3 is 2.06 bits per heavy atom. The molecule has 1 aromatic rings. The third kappa shape index (κ3) is 2.41. The van der Waals surface area contributed by atoms with Crippen LogP contribution in [0.25, 0.3) is 0 Å². The summed E-state index contributed by atoms with van der Waals surface area (Å²) in [6.07, 6.45) is 5.34. The molecule has 0 radical (unpaired) electrons. The average Bonchev–Trinajstić information content (AvgIpc) is 2.26. The maximum atomic E-state index is 2.39. The van der Waals surface area contributed by atoms with E-state index in [-0.39, 0.29) is 5.41 Å². The van der Waals surface area contributed by atoms with E-state index in [0.717, 1.165) is 0 Å². The maximum absolute atomic E-state index is 2.39. The molecule has 0 fully saturated rings. The van der Waals surface area contributed by atoms with Crippen LogP contribution in [0.1, 0.15) is 75.6 Å². The van der Waals surface area contributed by atoms with Crippen LogP contribution in [0.15, 0.2) is 12.1 Å². The second-order valence-electron chi connectivity index (χ2n) is 6.77. The lowest BCUT2D eigenvalue weighted by atomic mass is 9.75. The van der Waals surface area contributed by atoms with Crippen molar-refractivity contribution in [2.75, 3.05) is 0 Å². The second-order valence-corrected chi connectivity index (χ2v) is 6.77. The van der Waals surface area contributed by atoms with Crippen LogP contribution >= 0.6 is 0 Å². The Hall–Kier alpha value is -0.780. The number of fused-ring (bicyclic) bond motifs is 1. The van der Waals surface area contributed by atoms with Crippen molar-refractivity contribution < 1.29 is 0 Å². The number of rotatable bonds is 1. The zero-order valence-electron chi connectivity index (χ0n) is 12.1. The smallest absolute Gasteiger partial charge is 0.0129 e. The van der Waals surface area contributed by atoms with Crippen LogP contribution in [-0.2, 0) is 18.3 Å². The number of hydrogen-bond donors (Lipinski definition) is 0. The molecule has 0 amide bonds. The first-order valence-corrected chi connectivity index (χ1v) is 7.06. The molecular formula is C17H26. The summed E-state index contributed by atoms with van der Waals surface area (Å²) in [7, 11) is 0. The zero-order valence-corrected chi connectivity index (χ0v) is 12.1. The average molecular weight is 230 g/mol. The molecule has 0 spiro atoms. The van der Waals surface area contributed by atoms with Crippen molar-refractivity contribution in [3.8, 4) is 0 Å². The monoisotopic (exact) mass is 230 g/mol. The summed E-state index contributed by atoms with van der Waals surface area (Å²) < 4.78 is 0. The highest BCUT2D eigenvalue weighted by Gasteiger charge is 2.24. The molecule has 0 heterocycles. The van der Waals surface area contributed by atoms with Crippen LogP contribution in [0.2, 0.25) is 0 Å². The fourth-order valence-electron chi connectivity index (χ4n) is 3.14. The number of benzene rings is 1. The molecule has 17 heavy (non-hydrogen) atoms. The SMILES string of the molecule is CC(C)c1ccc(C(C)(C)C)c2c1CCCC2. The highest BCUT2D eigenvalue weighted by Crippen LogP contribution is 2.36. The Morgan fingerprint density at radius 1 is 0.941 bits per heavy atom. The van der Waals surface area contributed by atoms with Gasteiger partial charge in [0, 0.05) is 0 Å². The van der Waals surface area contributed by atoms with Crippen LogP contribution in [0.5, 0.6) is 0 Å². The molecular weight excluding hydrogens is 204 g/mol. The molecule has 0 bridgehead atoms. The van der Waals surface area contributed by atoms with E-state index in [1.165, 1.54) is 25.7 Å². The van der Waals surface area contributed by atoms with Gasteiger partial charge >= 0.3 is 0 Å². The Labute approximate surface area is 106 Å². The van der Waals surface area contributed by atoms with E-state index in [9.17, 15) is 0 Å². The van der Waals surface area contributed by atoms with Crippen LogP contribution in [0, 0.1) is 0 Å². The molecule has 94 valence electrons. The van der Waals surface area contributed by atoms with Gasteiger partial charge in [0.05, 0.1) is 0 Å². The van der Waals surface area contributed by atoms with Gasteiger partial charge in [0.15, 0.2) is 0 Å². The minimum absolute atomic E-state index is 0.289. The standard InChI is InChI=1S/C17H26/c1-12(2)13-10-11-16(17(3,4)5)15-9-7-6-8-14(13)15/h10-12H,6-9H2,1-5H3.